The fourth-order valence-corrected chi connectivity index (χ4v) is 3.20. The summed E-state index contributed by atoms with van der Waals surface area (Å²) < 4.78 is 27.1. The summed E-state index contributed by atoms with van der Waals surface area (Å²) in [6.45, 7) is 2.18. The second-order valence-corrected chi connectivity index (χ2v) is 5.85. The van der Waals surface area contributed by atoms with E-state index in [1.165, 1.54) is 31.0 Å². The van der Waals surface area contributed by atoms with Crippen LogP contribution in [-0.4, -0.2) is 5.78 Å². The molecule has 1 aromatic rings. The minimum absolute atomic E-state index is 0.0102. The third-order valence-electron chi connectivity index (χ3n) is 4.41. The van der Waals surface area contributed by atoms with Crippen LogP contribution in [0.5, 0.6) is 0 Å². The summed E-state index contributed by atoms with van der Waals surface area (Å²) >= 11 is 0. The summed E-state index contributed by atoms with van der Waals surface area (Å²) in [5.74, 6) is -0.517. The van der Waals surface area contributed by atoms with Crippen LogP contribution >= 0.6 is 0 Å². The minimum Gasteiger partial charge on any atom is -0.299 e. The van der Waals surface area contributed by atoms with Gasteiger partial charge in [-0.05, 0) is 43.7 Å². The Morgan fingerprint density at radius 3 is 2.30 bits per heavy atom. The first kappa shape index (κ1) is 15.1. The zero-order valence-corrected chi connectivity index (χ0v) is 12.0. The lowest BCUT2D eigenvalue weighted by atomic mass is 9.77. The molecule has 110 valence electrons. The van der Waals surface area contributed by atoms with Gasteiger partial charge in [-0.1, -0.05) is 25.8 Å². The molecule has 3 heteroatoms. The molecule has 0 bridgehead atoms. The maximum atomic E-state index is 13.5. The molecule has 1 nitrogen and oxygen atoms in total. The maximum absolute atomic E-state index is 13.5. The van der Waals surface area contributed by atoms with Crippen LogP contribution in [0.1, 0.15) is 51.0 Å². The van der Waals surface area contributed by atoms with E-state index in [0.717, 1.165) is 31.6 Å². The molecule has 0 heterocycles. The Balaban J connectivity index is 1.93. The number of rotatable bonds is 5. The molecule has 0 aliphatic heterocycles. The van der Waals surface area contributed by atoms with E-state index in [-0.39, 0.29) is 23.7 Å². The van der Waals surface area contributed by atoms with Crippen LogP contribution in [0.15, 0.2) is 18.2 Å². The molecule has 0 radical (unpaired) electrons. The summed E-state index contributed by atoms with van der Waals surface area (Å²) in [4.78, 5) is 12.2. The average molecular weight is 280 g/mol. The van der Waals surface area contributed by atoms with Gasteiger partial charge in [-0.15, -0.1) is 0 Å². The van der Waals surface area contributed by atoms with Gasteiger partial charge in [-0.3, -0.25) is 4.79 Å². The van der Waals surface area contributed by atoms with Gasteiger partial charge in [-0.2, -0.15) is 0 Å². The van der Waals surface area contributed by atoms with Crippen LogP contribution in [0.4, 0.5) is 8.78 Å². The summed E-state index contributed by atoms with van der Waals surface area (Å²) in [6, 6.07) is 3.75. The molecular formula is C17H22F2O. The zero-order valence-electron chi connectivity index (χ0n) is 12.0. The molecule has 0 aromatic heterocycles. The van der Waals surface area contributed by atoms with Crippen molar-refractivity contribution in [2.75, 3.05) is 0 Å². The molecule has 2 rings (SSSR count). The molecule has 0 atom stereocenters. The first-order chi connectivity index (χ1) is 9.61. The zero-order chi connectivity index (χ0) is 14.5. The molecule has 1 saturated carbocycles. The highest BCUT2D eigenvalue weighted by Gasteiger charge is 2.26. The monoisotopic (exact) mass is 280 g/mol. The summed E-state index contributed by atoms with van der Waals surface area (Å²) in [6.07, 6.45) is 6.20. The fraction of sp³-hybridized carbons (Fsp3) is 0.588. The Morgan fingerprint density at radius 1 is 1.15 bits per heavy atom. The molecule has 0 spiro atoms. The molecule has 1 fully saturated rings. The number of hydrogen-bond donors (Lipinski definition) is 0. The van der Waals surface area contributed by atoms with Crippen molar-refractivity contribution >= 4 is 5.78 Å². The highest BCUT2D eigenvalue weighted by molar-refractivity contribution is 5.83. The average Bonchev–Trinajstić information content (AvgIpc) is 2.44. The second-order valence-electron chi connectivity index (χ2n) is 5.85. The lowest BCUT2D eigenvalue weighted by Crippen LogP contribution is -2.24. The van der Waals surface area contributed by atoms with E-state index in [1.54, 1.807) is 0 Å². The van der Waals surface area contributed by atoms with Crippen molar-refractivity contribution in [1.29, 1.82) is 0 Å². The Bertz CT molecular complexity index is 442. The summed E-state index contributed by atoms with van der Waals surface area (Å²) in [7, 11) is 0. The lowest BCUT2D eigenvalue weighted by molar-refractivity contribution is -0.123. The standard InChI is InChI=1S/C17H22F2O/c1-2-4-12-7-9-13(10-8-12)17(20)11-14-15(18)5-3-6-16(14)19/h3,5-6,12-13H,2,4,7-11H2,1H3. The number of Topliss-reactive ketones (excluding diaryl/α,β-unsaturated/α-hetero) is 1. The van der Waals surface area contributed by atoms with Crippen molar-refractivity contribution in [3.05, 3.63) is 35.4 Å². The van der Waals surface area contributed by atoms with Gasteiger partial charge in [0.15, 0.2) is 0 Å². The highest BCUT2D eigenvalue weighted by atomic mass is 19.1. The van der Waals surface area contributed by atoms with Gasteiger partial charge < -0.3 is 0 Å². The number of carbonyl (C=O) groups excluding carboxylic acids is 1. The van der Waals surface area contributed by atoms with E-state index in [2.05, 4.69) is 6.92 Å². The van der Waals surface area contributed by atoms with Gasteiger partial charge in [0.25, 0.3) is 0 Å². The largest absolute Gasteiger partial charge is 0.299 e. The van der Waals surface area contributed by atoms with Gasteiger partial charge >= 0.3 is 0 Å². The number of halogens is 2. The Kier molecular flexibility index (Phi) is 5.27. The Morgan fingerprint density at radius 2 is 1.75 bits per heavy atom. The Hall–Kier alpha value is -1.25. The van der Waals surface area contributed by atoms with Crippen molar-refractivity contribution in [3.8, 4) is 0 Å². The highest BCUT2D eigenvalue weighted by Crippen LogP contribution is 2.32. The SMILES string of the molecule is CCCC1CCC(C(=O)Cc2c(F)cccc2F)CC1. The van der Waals surface area contributed by atoms with Crippen molar-refractivity contribution in [2.24, 2.45) is 11.8 Å². The number of carbonyl (C=O) groups is 1. The topological polar surface area (TPSA) is 17.1 Å². The normalized spacial score (nSPS) is 22.8. The number of ketones is 1. The first-order valence-corrected chi connectivity index (χ1v) is 7.57. The van der Waals surface area contributed by atoms with Crippen LogP contribution in [0.3, 0.4) is 0 Å². The Labute approximate surface area is 119 Å². The van der Waals surface area contributed by atoms with E-state index in [0.29, 0.717) is 0 Å². The van der Waals surface area contributed by atoms with Gasteiger partial charge in [0.2, 0.25) is 0 Å². The molecule has 1 aliphatic carbocycles. The third-order valence-corrected chi connectivity index (χ3v) is 4.41. The maximum Gasteiger partial charge on any atom is 0.140 e. The van der Waals surface area contributed by atoms with Crippen LogP contribution in [-0.2, 0) is 11.2 Å². The van der Waals surface area contributed by atoms with Gasteiger partial charge in [-0.25, -0.2) is 8.78 Å². The molecule has 0 amide bonds. The van der Waals surface area contributed by atoms with E-state index < -0.39 is 11.6 Å². The number of benzene rings is 1. The van der Waals surface area contributed by atoms with Crippen LogP contribution in [0.2, 0.25) is 0 Å². The van der Waals surface area contributed by atoms with E-state index in [4.69, 9.17) is 0 Å². The smallest absolute Gasteiger partial charge is 0.140 e. The van der Waals surface area contributed by atoms with Crippen LogP contribution in [0, 0.1) is 23.5 Å². The predicted octanol–water partition coefficient (Wildman–Crippen LogP) is 4.68. The van der Waals surface area contributed by atoms with Crippen molar-refractivity contribution in [3.63, 3.8) is 0 Å². The van der Waals surface area contributed by atoms with Gasteiger partial charge in [0.05, 0.1) is 0 Å². The fourth-order valence-electron chi connectivity index (χ4n) is 3.20. The predicted molar refractivity (Wildman–Crippen MR) is 75.4 cm³/mol. The molecule has 0 unspecified atom stereocenters. The molecule has 20 heavy (non-hydrogen) atoms. The lowest BCUT2D eigenvalue weighted by Gasteiger charge is -2.27. The van der Waals surface area contributed by atoms with Crippen molar-refractivity contribution in [1.82, 2.24) is 0 Å². The second kappa shape index (κ2) is 6.96. The molecule has 1 aromatic carbocycles. The van der Waals surface area contributed by atoms with Crippen molar-refractivity contribution in [2.45, 2.75) is 51.9 Å². The van der Waals surface area contributed by atoms with E-state index in [1.807, 2.05) is 0 Å². The third kappa shape index (κ3) is 3.65. The molecule has 0 N–H and O–H groups in total. The minimum atomic E-state index is -0.613. The number of hydrogen-bond acceptors (Lipinski definition) is 1. The quantitative estimate of drug-likeness (QED) is 0.765. The molecule has 1 aliphatic rings. The van der Waals surface area contributed by atoms with Crippen LogP contribution < -0.4 is 0 Å². The van der Waals surface area contributed by atoms with Crippen LogP contribution in [0.25, 0.3) is 0 Å². The summed E-state index contributed by atoms with van der Waals surface area (Å²) in [5, 5.41) is 0. The molecule has 0 saturated heterocycles. The van der Waals surface area contributed by atoms with Gasteiger partial charge in [0.1, 0.15) is 17.4 Å². The van der Waals surface area contributed by atoms with E-state index >= 15 is 0 Å². The summed E-state index contributed by atoms with van der Waals surface area (Å²) in [5.41, 5.74) is -0.0758. The van der Waals surface area contributed by atoms with Crippen molar-refractivity contribution < 1.29 is 13.6 Å². The van der Waals surface area contributed by atoms with Gasteiger partial charge in [0, 0.05) is 17.9 Å². The first-order valence-electron chi connectivity index (χ1n) is 7.57. The van der Waals surface area contributed by atoms with E-state index in [9.17, 15) is 13.6 Å². The molecular weight excluding hydrogens is 258 g/mol.